The first-order valence-electron chi connectivity index (χ1n) is 13.0. The van der Waals surface area contributed by atoms with Gasteiger partial charge in [0, 0.05) is 4.47 Å². The van der Waals surface area contributed by atoms with Gasteiger partial charge in [-0.15, -0.1) is 0 Å². The summed E-state index contributed by atoms with van der Waals surface area (Å²) in [6.45, 7) is 9.94. The van der Waals surface area contributed by atoms with Gasteiger partial charge in [-0.2, -0.15) is 0 Å². The molecule has 0 saturated heterocycles. The summed E-state index contributed by atoms with van der Waals surface area (Å²) in [6.07, 6.45) is 3.39. The van der Waals surface area contributed by atoms with Crippen LogP contribution in [0.3, 0.4) is 0 Å². The van der Waals surface area contributed by atoms with Crippen molar-refractivity contribution in [3.63, 3.8) is 0 Å². The van der Waals surface area contributed by atoms with Gasteiger partial charge in [-0.1, -0.05) is 39.9 Å². The molecule has 1 aliphatic heterocycles. The first-order chi connectivity index (χ1) is 20.2. The zero-order valence-corrected chi connectivity index (χ0v) is 27.8. The molecule has 0 amide bonds. The third kappa shape index (κ3) is 6.20. The lowest BCUT2D eigenvalue weighted by atomic mass is 9.95. The lowest BCUT2D eigenvalue weighted by Crippen LogP contribution is -2.40. The van der Waals surface area contributed by atoms with Crippen molar-refractivity contribution in [1.29, 1.82) is 0 Å². The SMILES string of the molecule is C=CCOc1c(Br)cc(/C=c2/sc3n(c2=O)[C@@H](c2cc(OC)c(OCC)cc2Br)C(C(=O)OCC)=C(C)N=3)cc1OC. The van der Waals surface area contributed by atoms with Gasteiger partial charge in [0.1, 0.15) is 6.61 Å². The molecule has 2 heterocycles. The topological polar surface area (TPSA) is 97.6 Å². The maximum absolute atomic E-state index is 14.1. The number of carbonyl (C=O) groups excluding carboxylic acids is 1. The molecule has 0 spiro atoms. The number of methoxy groups -OCH3 is 2. The smallest absolute Gasteiger partial charge is 0.338 e. The van der Waals surface area contributed by atoms with Crippen molar-refractivity contribution in [2.24, 2.45) is 4.99 Å². The van der Waals surface area contributed by atoms with Crippen LogP contribution in [0.4, 0.5) is 0 Å². The molecule has 0 fully saturated rings. The van der Waals surface area contributed by atoms with Crippen LogP contribution >= 0.6 is 43.2 Å². The summed E-state index contributed by atoms with van der Waals surface area (Å²) in [5, 5.41) is 0. The molecule has 4 rings (SSSR count). The molecule has 3 aromatic rings. The van der Waals surface area contributed by atoms with E-state index < -0.39 is 12.0 Å². The van der Waals surface area contributed by atoms with E-state index in [9.17, 15) is 9.59 Å². The van der Waals surface area contributed by atoms with E-state index in [0.717, 1.165) is 0 Å². The Morgan fingerprint density at radius 1 is 1.05 bits per heavy atom. The Morgan fingerprint density at radius 2 is 1.79 bits per heavy atom. The van der Waals surface area contributed by atoms with Crippen molar-refractivity contribution >= 4 is 55.2 Å². The molecule has 9 nitrogen and oxygen atoms in total. The van der Waals surface area contributed by atoms with E-state index in [4.69, 9.17) is 23.7 Å². The average Bonchev–Trinajstić information content (AvgIpc) is 3.25. The number of aromatic nitrogens is 1. The lowest BCUT2D eigenvalue weighted by Gasteiger charge is -2.26. The second-order valence-corrected chi connectivity index (χ2v) is 11.6. The van der Waals surface area contributed by atoms with E-state index in [1.54, 1.807) is 51.3 Å². The number of fused-ring (bicyclic) bond motifs is 1. The van der Waals surface area contributed by atoms with Crippen molar-refractivity contribution in [3.8, 4) is 23.0 Å². The third-order valence-corrected chi connectivity index (χ3v) is 8.55. The van der Waals surface area contributed by atoms with Crippen LogP contribution in [0.5, 0.6) is 23.0 Å². The van der Waals surface area contributed by atoms with E-state index in [-0.39, 0.29) is 17.7 Å². The van der Waals surface area contributed by atoms with Crippen LogP contribution in [-0.2, 0) is 9.53 Å². The minimum absolute atomic E-state index is 0.170. The fourth-order valence-corrected chi connectivity index (χ4v) is 6.69. The van der Waals surface area contributed by atoms with Gasteiger partial charge in [-0.25, -0.2) is 9.79 Å². The highest BCUT2D eigenvalue weighted by Crippen LogP contribution is 2.41. The lowest BCUT2D eigenvalue weighted by molar-refractivity contribution is -0.139. The number of nitrogens with zero attached hydrogens (tertiary/aromatic N) is 2. The van der Waals surface area contributed by atoms with Crippen LogP contribution in [0.15, 0.2) is 66.9 Å². The molecular formula is C30H30Br2N2O7S. The fraction of sp³-hybridized carbons (Fsp3) is 0.300. The molecule has 2 aromatic carbocycles. The Bertz CT molecular complexity index is 1740. The van der Waals surface area contributed by atoms with Gasteiger partial charge in [-0.3, -0.25) is 9.36 Å². The highest BCUT2D eigenvalue weighted by Gasteiger charge is 2.35. The predicted octanol–water partition coefficient (Wildman–Crippen LogP) is 5.30. The van der Waals surface area contributed by atoms with E-state index in [2.05, 4.69) is 43.4 Å². The van der Waals surface area contributed by atoms with E-state index in [1.807, 2.05) is 13.0 Å². The van der Waals surface area contributed by atoms with E-state index in [1.165, 1.54) is 23.0 Å². The van der Waals surface area contributed by atoms with Crippen LogP contribution in [-0.4, -0.2) is 44.6 Å². The molecule has 0 aliphatic carbocycles. The first kappa shape index (κ1) is 31.6. The molecular weight excluding hydrogens is 692 g/mol. The third-order valence-electron chi connectivity index (χ3n) is 6.29. The van der Waals surface area contributed by atoms with Crippen LogP contribution in [0.25, 0.3) is 6.08 Å². The number of carbonyl (C=O) groups is 1. The monoisotopic (exact) mass is 720 g/mol. The molecule has 12 heteroatoms. The number of halogens is 2. The van der Waals surface area contributed by atoms with Gasteiger partial charge in [0.05, 0.1) is 53.8 Å². The number of hydrogen-bond acceptors (Lipinski definition) is 9. The number of rotatable bonds is 11. The van der Waals surface area contributed by atoms with Gasteiger partial charge >= 0.3 is 5.97 Å². The minimum atomic E-state index is -0.836. The summed E-state index contributed by atoms with van der Waals surface area (Å²) >= 11 is 8.40. The molecule has 222 valence electrons. The Morgan fingerprint density at radius 3 is 2.43 bits per heavy atom. The molecule has 0 unspecified atom stereocenters. The highest BCUT2D eigenvalue weighted by atomic mass is 79.9. The molecule has 0 bridgehead atoms. The number of hydrogen-bond donors (Lipinski definition) is 0. The van der Waals surface area contributed by atoms with Gasteiger partial charge in [0.2, 0.25) is 0 Å². The van der Waals surface area contributed by atoms with Gasteiger partial charge in [0.15, 0.2) is 27.8 Å². The maximum atomic E-state index is 14.1. The number of thiazole rings is 1. The van der Waals surface area contributed by atoms with Crippen LogP contribution in [0, 0.1) is 0 Å². The van der Waals surface area contributed by atoms with Crippen molar-refractivity contribution in [2.45, 2.75) is 26.8 Å². The summed E-state index contributed by atoms with van der Waals surface area (Å²) < 4.78 is 31.2. The summed E-state index contributed by atoms with van der Waals surface area (Å²) in [7, 11) is 3.08. The van der Waals surface area contributed by atoms with Gasteiger partial charge < -0.3 is 23.7 Å². The zero-order valence-electron chi connectivity index (χ0n) is 23.8. The van der Waals surface area contributed by atoms with Crippen molar-refractivity contribution < 1.29 is 28.5 Å². The van der Waals surface area contributed by atoms with E-state index >= 15 is 0 Å². The number of esters is 1. The molecule has 0 saturated carbocycles. The van der Waals surface area contributed by atoms with Crippen molar-refractivity contribution in [2.75, 3.05) is 34.0 Å². The normalized spacial score (nSPS) is 14.6. The highest BCUT2D eigenvalue weighted by molar-refractivity contribution is 9.10. The van der Waals surface area contributed by atoms with Crippen molar-refractivity contribution in [1.82, 2.24) is 4.57 Å². The number of allylic oxidation sites excluding steroid dienone is 1. The quantitative estimate of drug-likeness (QED) is 0.196. The molecule has 1 atom stereocenters. The molecule has 0 radical (unpaired) electrons. The Balaban J connectivity index is 1.96. The number of benzene rings is 2. The van der Waals surface area contributed by atoms with Crippen molar-refractivity contribution in [3.05, 3.63) is 88.0 Å². The average molecular weight is 722 g/mol. The summed E-state index contributed by atoms with van der Waals surface area (Å²) in [5.74, 6) is 1.46. The Hall–Kier alpha value is -3.35. The van der Waals surface area contributed by atoms with Crippen LogP contribution in [0.2, 0.25) is 0 Å². The first-order valence-corrected chi connectivity index (χ1v) is 15.4. The predicted molar refractivity (Wildman–Crippen MR) is 169 cm³/mol. The maximum Gasteiger partial charge on any atom is 0.338 e. The zero-order chi connectivity index (χ0) is 30.6. The van der Waals surface area contributed by atoms with E-state index in [0.29, 0.717) is 71.3 Å². The standard InChI is InChI=1S/C30H30Br2N2O7S/c1-7-10-41-27-20(32)11-17(12-23(27)38-6)13-24-28(35)34-26(18-14-21(37-5)22(39-8-2)15-19(18)31)25(29(36)40-9-3)16(4)33-30(34)42-24/h7,11-15,26H,1,8-10H2,2-6H3/b24-13+/t26-/m0/s1. The van der Waals surface area contributed by atoms with Gasteiger partial charge in [-0.05, 0) is 78.2 Å². The van der Waals surface area contributed by atoms with Crippen LogP contribution < -0.4 is 33.8 Å². The summed E-state index contributed by atoms with van der Waals surface area (Å²) in [4.78, 5) is 32.5. The Labute approximate surface area is 264 Å². The van der Waals surface area contributed by atoms with Crippen LogP contribution in [0.1, 0.15) is 37.9 Å². The second-order valence-electron chi connectivity index (χ2n) is 8.89. The fourth-order valence-electron chi connectivity index (χ4n) is 4.53. The number of ether oxygens (including phenoxy) is 5. The summed E-state index contributed by atoms with van der Waals surface area (Å²) in [5.41, 5.74) is 1.72. The molecule has 42 heavy (non-hydrogen) atoms. The summed E-state index contributed by atoms with van der Waals surface area (Å²) in [6, 6.07) is 6.31. The Kier molecular flexibility index (Phi) is 10.3. The largest absolute Gasteiger partial charge is 0.493 e. The second kappa shape index (κ2) is 13.7. The van der Waals surface area contributed by atoms with Gasteiger partial charge in [0.25, 0.3) is 5.56 Å². The minimum Gasteiger partial charge on any atom is -0.493 e. The molecule has 1 aliphatic rings. The molecule has 0 N–H and O–H groups in total. The molecule has 1 aromatic heterocycles.